The maximum Gasteiger partial charge on any atom is 0.410 e. The number of piperidine rings is 1. The van der Waals surface area contributed by atoms with Crippen LogP contribution in [0.3, 0.4) is 0 Å². The van der Waals surface area contributed by atoms with Crippen LogP contribution in [-0.2, 0) is 4.74 Å². The number of aryl methyl sites for hydroxylation is 1. The molecule has 176 valence electrons. The van der Waals surface area contributed by atoms with Gasteiger partial charge in [0, 0.05) is 31.3 Å². The first-order valence-electron chi connectivity index (χ1n) is 11.2. The molecule has 2 fully saturated rings. The molecule has 1 aromatic carbocycles. The number of ether oxygens (including phenoxy) is 2. The van der Waals surface area contributed by atoms with Crippen molar-refractivity contribution >= 4 is 11.9 Å². The zero-order valence-corrected chi connectivity index (χ0v) is 19.1. The Hall–Kier alpha value is -3.03. The van der Waals surface area contributed by atoms with E-state index in [2.05, 4.69) is 4.98 Å². The van der Waals surface area contributed by atoms with Crippen LogP contribution >= 0.6 is 0 Å². The number of amides is 1. The highest BCUT2D eigenvalue weighted by Gasteiger charge is 2.43. The molecule has 6 nitrogen and oxygen atoms in total. The van der Waals surface area contributed by atoms with Crippen LogP contribution in [0.4, 0.5) is 13.6 Å². The van der Waals surface area contributed by atoms with Crippen molar-refractivity contribution in [1.29, 1.82) is 0 Å². The Morgan fingerprint density at radius 2 is 1.79 bits per heavy atom. The average Bonchev–Trinajstić information content (AvgIpc) is 3.49. The second kappa shape index (κ2) is 9.08. The lowest BCUT2D eigenvalue weighted by atomic mass is 9.98. The lowest BCUT2D eigenvalue weighted by Crippen LogP contribution is -2.41. The molecule has 0 spiro atoms. The van der Waals surface area contributed by atoms with Gasteiger partial charge in [-0.3, -0.25) is 4.79 Å². The third-order valence-corrected chi connectivity index (χ3v) is 6.38. The van der Waals surface area contributed by atoms with Crippen molar-refractivity contribution < 1.29 is 27.8 Å². The summed E-state index contributed by atoms with van der Waals surface area (Å²) in [6.45, 7) is 6.28. The highest BCUT2D eigenvalue weighted by molar-refractivity contribution is 5.92. The molecule has 33 heavy (non-hydrogen) atoms. The monoisotopic (exact) mass is 458 g/mol. The summed E-state index contributed by atoms with van der Waals surface area (Å²) in [5.74, 6) is -2.08. The van der Waals surface area contributed by atoms with Gasteiger partial charge >= 0.3 is 6.09 Å². The van der Waals surface area contributed by atoms with Gasteiger partial charge in [-0.25, -0.2) is 18.6 Å². The number of hydrogen-bond acceptors (Lipinski definition) is 5. The third-order valence-electron chi connectivity index (χ3n) is 6.38. The molecular formula is C25H28F2N2O4. The minimum absolute atomic E-state index is 0.0922. The summed E-state index contributed by atoms with van der Waals surface area (Å²) in [6.07, 6.45) is 2.88. The fraction of sp³-hybridized carbons (Fsp3) is 0.480. The van der Waals surface area contributed by atoms with E-state index in [0.717, 1.165) is 12.8 Å². The number of rotatable bonds is 6. The van der Waals surface area contributed by atoms with Crippen molar-refractivity contribution in [1.82, 2.24) is 9.88 Å². The Labute approximate surface area is 191 Å². The molecule has 1 aliphatic heterocycles. The number of nitrogens with zero attached hydrogens (tertiary/aromatic N) is 2. The summed E-state index contributed by atoms with van der Waals surface area (Å²) in [5.41, 5.74) is 1.38. The topological polar surface area (TPSA) is 68.7 Å². The molecule has 0 bridgehead atoms. The molecule has 1 saturated heterocycles. The van der Waals surface area contributed by atoms with Gasteiger partial charge in [-0.05, 0) is 69.2 Å². The van der Waals surface area contributed by atoms with Gasteiger partial charge in [0.2, 0.25) is 0 Å². The number of halogens is 2. The normalized spacial score (nSPS) is 17.5. The van der Waals surface area contributed by atoms with Crippen LogP contribution in [0.1, 0.15) is 55.7 Å². The lowest BCUT2D eigenvalue weighted by molar-refractivity contribution is 0.0453. The van der Waals surface area contributed by atoms with Crippen LogP contribution in [0.2, 0.25) is 0 Å². The SMILES string of the molecule is CC(=O)c1ccc(-c2cc(F)c(OCC3CCN(C(=O)OC4(C)CC4)CC3)c(F)c2)c(C)n1. The molecule has 1 saturated carbocycles. The first-order chi connectivity index (χ1) is 15.6. The third kappa shape index (κ3) is 5.31. The van der Waals surface area contributed by atoms with Crippen molar-refractivity contribution in [3.8, 4) is 16.9 Å². The lowest BCUT2D eigenvalue weighted by Gasteiger charge is -2.32. The molecule has 2 aromatic rings. The Balaban J connectivity index is 1.36. The van der Waals surface area contributed by atoms with Crippen LogP contribution in [0.15, 0.2) is 24.3 Å². The number of carbonyl (C=O) groups excluding carboxylic acids is 2. The van der Waals surface area contributed by atoms with Crippen LogP contribution in [0, 0.1) is 24.5 Å². The molecule has 0 N–H and O–H groups in total. The van der Waals surface area contributed by atoms with Crippen LogP contribution in [0.25, 0.3) is 11.1 Å². The van der Waals surface area contributed by atoms with Crippen molar-refractivity contribution in [2.45, 2.75) is 52.1 Å². The van der Waals surface area contributed by atoms with Crippen molar-refractivity contribution in [2.24, 2.45) is 5.92 Å². The van der Waals surface area contributed by atoms with E-state index in [1.165, 1.54) is 25.1 Å². The van der Waals surface area contributed by atoms with Gasteiger partial charge in [-0.2, -0.15) is 0 Å². The highest BCUT2D eigenvalue weighted by Crippen LogP contribution is 2.39. The number of Topliss-reactive ketones (excluding diaryl/α,β-unsaturated/α-hetero) is 1. The Morgan fingerprint density at radius 1 is 1.15 bits per heavy atom. The van der Waals surface area contributed by atoms with Crippen LogP contribution < -0.4 is 4.74 Å². The van der Waals surface area contributed by atoms with Gasteiger partial charge in [0.15, 0.2) is 23.2 Å². The van der Waals surface area contributed by atoms with Gasteiger partial charge < -0.3 is 14.4 Å². The number of carbonyl (C=O) groups is 2. The second-order valence-corrected chi connectivity index (χ2v) is 9.21. The van der Waals surface area contributed by atoms with Crippen molar-refractivity contribution in [3.05, 3.63) is 47.3 Å². The fourth-order valence-electron chi connectivity index (χ4n) is 3.95. The summed E-state index contributed by atoms with van der Waals surface area (Å²) < 4.78 is 40.4. The quantitative estimate of drug-likeness (QED) is 0.548. The van der Waals surface area contributed by atoms with Crippen molar-refractivity contribution in [3.63, 3.8) is 0 Å². The highest BCUT2D eigenvalue weighted by atomic mass is 19.1. The maximum atomic E-state index is 14.7. The number of benzene rings is 1. The molecule has 8 heteroatoms. The number of ketones is 1. The molecule has 4 rings (SSSR count). The van der Waals surface area contributed by atoms with E-state index in [1.54, 1.807) is 17.9 Å². The van der Waals surface area contributed by atoms with Gasteiger partial charge in [0.1, 0.15) is 11.3 Å². The number of likely N-dealkylation sites (tertiary alicyclic amines) is 1. The van der Waals surface area contributed by atoms with E-state index < -0.39 is 17.4 Å². The Bertz CT molecular complexity index is 1050. The molecule has 0 radical (unpaired) electrons. The maximum absolute atomic E-state index is 14.7. The molecule has 1 aliphatic carbocycles. The van der Waals surface area contributed by atoms with E-state index in [0.29, 0.717) is 48.4 Å². The smallest absolute Gasteiger partial charge is 0.410 e. The number of hydrogen-bond donors (Lipinski definition) is 0. The van der Waals surface area contributed by atoms with E-state index >= 15 is 0 Å². The molecule has 1 aromatic heterocycles. The molecule has 2 heterocycles. The van der Waals surface area contributed by atoms with Gasteiger partial charge in [-0.1, -0.05) is 6.07 Å². The van der Waals surface area contributed by atoms with E-state index in [1.807, 2.05) is 6.92 Å². The van der Waals surface area contributed by atoms with Gasteiger partial charge in [0.05, 0.1) is 6.61 Å². The summed E-state index contributed by atoms with van der Waals surface area (Å²) >= 11 is 0. The average molecular weight is 459 g/mol. The molecule has 0 unspecified atom stereocenters. The molecule has 0 atom stereocenters. The van der Waals surface area contributed by atoms with E-state index in [-0.39, 0.29) is 30.0 Å². The standard InChI is InChI=1S/C25H28F2N2O4/c1-15-19(4-5-22(28-15)16(2)30)18-12-20(26)23(21(27)13-18)32-14-17-6-10-29(11-7-17)24(31)33-25(3)8-9-25/h4-5,12-13,17H,6-11,14H2,1-3H3. The molecule has 2 aliphatic rings. The molecule has 1 amide bonds. The van der Waals surface area contributed by atoms with Crippen molar-refractivity contribution in [2.75, 3.05) is 19.7 Å². The van der Waals surface area contributed by atoms with E-state index in [9.17, 15) is 18.4 Å². The van der Waals surface area contributed by atoms with Gasteiger partial charge in [-0.15, -0.1) is 0 Å². The first kappa shape index (κ1) is 23.1. The van der Waals surface area contributed by atoms with E-state index in [4.69, 9.17) is 9.47 Å². The largest absolute Gasteiger partial charge is 0.487 e. The van der Waals surface area contributed by atoms with Crippen LogP contribution in [-0.4, -0.2) is 47.1 Å². The second-order valence-electron chi connectivity index (χ2n) is 9.21. The summed E-state index contributed by atoms with van der Waals surface area (Å²) in [4.78, 5) is 29.6. The first-order valence-corrected chi connectivity index (χ1v) is 11.2. The Kier molecular flexibility index (Phi) is 6.36. The molecular weight excluding hydrogens is 430 g/mol. The minimum Gasteiger partial charge on any atom is -0.487 e. The predicted molar refractivity (Wildman–Crippen MR) is 118 cm³/mol. The number of pyridine rings is 1. The predicted octanol–water partition coefficient (Wildman–Crippen LogP) is 5.32. The fourth-order valence-corrected chi connectivity index (χ4v) is 3.95. The van der Waals surface area contributed by atoms with Gasteiger partial charge in [0.25, 0.3) is 0 Å². The summed E-state index contributed by atoms with van der Waals surface area (Å²) in [7, 11) is 0. The summed E-state index contributed by atoms with van der Waals surface area (Å²) in [5, 5.41) is 0. The zero-order valence-electron chi connectivity index (χ0n) is 19.1. The zero-order chi connectivity index (χ0) is 23.8. The Morgan fingerprint density at radius 3 is 2.33 bits per heavy atom. The minimum atomic E-state index is -0.793. The number of aromatic nitrogens is 1. The summed E-state index contributed by atoms with van der Waals surface area (Å²) in [6, 6.07) is 5.61. The van der Waals surface area contributed by atoms with Crippen LogP contribution in [0.5, 0.6) is 5.75 Å².